The Kier molecular flexibility index (Phi) is 5.36. The minimum Gasteiger partial charge on any atom is -0.481 e. The molecule has 6 nitrogen and oxygen atoms in total. The van der Waals surface area contributed by atoms with Gasteiger partial charge >= 0.3 is 5.97 Å². The maximum atomic E-state index is 12.2. The first-order valence-corrected chi connectivity index (χ1v) is 8.42. The van der Waals surface area contributed by atoms with E-state index in [1.807, 2.05) is 6.92 Å². The summed E-state index contributed by atoms with van der Waals surface area (Å²) in [5.41, 5.74) is 0. The van der Waals surface area contributed by atoms with E-state index in [4.69, 9.17) is 0 Å². The first-order valence-electron chi connectivity index (χ1n) is 6.61. The molecule has 2 atom stereocenters. The van der Waals surface area contributed by atoms with Gasteiger partial charge in [0.05, 0.1) is 11.8 Å². The zero-order valence-corrected chi connectivity index (χ0v) is 12.8. The lowest BCUT2D eigenvalue weighted by atomic mass is 9.79. The minimum absolute atomic E-state index is 0.249. The van der Waals surface area contributed by atoms with Gasteiger partial charge in [-0.1, -0.05) is 42.9 Å². The third-order valence-electron chi connectivity index (χ3n) is 3.32. The molecule has 0 saturated heterocycles. The molecule has 2 rings (SSSR count). The van der Waals surface area contributed by atoms with Gasteiger partial charge in [0.2, 0.25) is 11.0 Å². The number of aliphatic carboxylic acids is 1. The molecule has 110 valence electrons. The number of hydrogen-bond donors (Lipinski definition) is 2. The quantitative estimate of drug-likeness (QED) is 0.640. The lowest BCUT2D eigenvalue weighted by molar-refractivity contribution is -0.147. The van der Waals surface area contributed by atoms with Gasteiger partial charge in [-0.2, -0.15) is 0 Å². The second-order valence-electron chi connectivity index (χ2n) is 4.63. The van der Waals surface area contributed by atoms with Crippen LogP contribution < -0.4 is 5.32 Å². The van der Waals surface area contributed by atoms with E-state index in [-0.39, 0.29) is 5.91 Å². The molecule has 0 bridgehead atoms. The predicted octanol–water partition coefficient (Wildman–Crippen LogP) is 2.48. The average Bonchev–Trinajstić information content (AvgIpc) is 2.86. The molecule has 1 amide bonds. The smallest absolute Gasteiger partial charge is 0.307 e. The number of nitrogens with zero attached hydrogens (tertiary/aromatic N) is 2. The van der Waals surface area contributed by atoms with Crippen LogP contribution in [0.3, 0.4) is 0 Å². The Hall–Kier alpha value is -1.15. The van der Waals surface area contributed by atoms with Crippen LogP contribution >= 0.6 is 23.1 Å². The highest BCUT2D eigenvalue weighted by Crippen LogP contribution is 2.32. The van der Waals surface area contributed by atoms with Crippen LogP contribution in [0.4, 0.5) is 5.13 Å². The number of carbonyl (C=O) groups is 2. The molecule has 0 radical (unpaired) electrons. The summed E-state index contributed by atoms with van der Waals surface area (Å²) in [6, 6.07) is 0. The molecule has 20 heavy (non-hydrogen) atoms. The molecule has 1 aliphatic rings. The maximum absolute atomic E-state index is 12.2. The molecule has 1 saturated carbocycles. The summed E-state index contributed by atoms with van der Waals surface area (Å²) >= 11 is 2.88. The molecule has 1 aromatic heterocycles. The van der Waals surface area contributed by atoms with E-state index >= 15 is 0 Å². The van der Waals surface area contributed by atoms with Crippen molar-refractivity contribution in [2.24, 2.45) is 11.8 Å². The molecule has 0 aliphatic heterocycles. The molecule has 1 aromatic rings. The molecule has 1 heterocycles. The van der Waals surface area contributed by atoms with E-state index < -0.39 is 17.8 Å². The Morgan fingerprint density at radius 3 is 2.70 bits per heavy atom. The Balaban J connectivity index is 2.00. The Bertz CT molecular complexity index is 492. The number of anilines is 1. The van der Waals surface area contributed by atoms with Crippen molar-refractivity contribution in [1.82, 2.24) is 10.2 Å². The minimum atomic E-state index is -0.885. The van der Waals surface area contributed by atoms with Gasteiger partial charge in [0.25, 0.3) is 0 Å². The lowest BCUT2D eigenvalue weighted by Gasteiger charge is -2.26. The monoisotopic (exact) mass is 315 g/mol. The molecule has 0 spiro atoms. The summed E-state index contributed by atoms with van der Waals surface area (Å²) in [4.78, 5) is 23.4. The van der Waals surface area contributed by atoms with Crippen LogP contribution in [0.1, 0.15) is 32.6 Å². The molecular formula is C12H17N3O3S2. The van der Waals surface area contributed by atoms with Gasteiger partial charge in [0.15, 0.2) is 4.34 Å². The number of aromatic nitrogens is 2. The van der Waals surface area contributed by atoms with Gasteiger partial charge in [-0.3, -0.25) is 9.59 Å². The fraction of sp³-hybridized carbons (Fsp3) is 0.667. The van der Waals surface area contributed by atoms with Crippen molar-refractivity contribution in [2.45, 2.75) is 36.9 Å². The summed E-state index contributed by atoms with van der Waals surface area (Å²) in [7, 11) is 0. The fourth-order valence-electron chi connectivity index (χ4n) is 2.38. The SMILES string of the molecule is CCSc1nnc(NC(=O)[C@H]2CCCC[C@@H]2C(=O)O)s1. The van der Waals surface area contributed by atoms with Crippen molar-refractivity contribution >= 4 is 40.1 Å². The molecule has 0 aromatic carbocycles. The molecule has 8 heteroatoms. The van der Waals surface area contributed by atoms with E-state index in [2.05, 4.69) is 15.5 Å². The van der Waals surface area contributed by atoms with Crippen molar-refractivity contribution in [3.8, 4) is 0 Å². The van der Waals surface area contributed by atoms with Crippen molar-refractivity contribution in [1.29, 1.82) is 0 Å². The highest BCUT2D eigenvalue weighted by Gasteiger charge is 2.36. The predicted molar refractivity (Wildman–Crippen MR) is 78.0 cm³/mol. The van der Waals surface area contributed by atoms with E-state index in [0.29, 0.717) is 18.0 Å². The number of thioether (sulfide) groups is 1. The first-order chi connectivity index (χ1) is 9.61. The molecular weight excluding hydrogens is 298 g/mol. The highest BCUT2D eigenvalue weighted by atomic mass is 32.2. The summed E-state index contributed by atoms with van der Waals surface area (Å²) in [6.45, 7) is 2.02. The van der Waals surface area contributed by atoms with Crippen LogP contribution in [0.15, 0.2) is 4.34 Å². The third-order valence-corrected chi connectivity index (χ3v) is 5.18. The zero-order chi connectivity index (χ0) is 14.5. The van der Waals surface area contributed by atoms with Gasteiger partial charge in [-0.15, -0.1) is 10.2 Å². The molecule has 1 aliphatic carbocycles. The van der Waals surface area contributed by atoms with Crippen molar-refractivity contribution in [3.05, 3.63) is 0 Å². The van der Waals surface area contributed by atoms with Gasteiger partial charge in [-0.05, 0) is 18.6 Å². The second-order valence-corrected chi connectivity index (χ2v) is 7.12. The number of hydrogen-bond acceptors (Lipinski definition) is 6. The van der Waals surface area contributed by atoms with Crippen molar-refractivity contribution in [3.63, 3.8) is 0 Å². The number of rotatable bonds is 5. The molecule has 0 unspecified atom stereocenters. The molecule has 2 N–H and O–H groups in total. The zero-order valence-electron chi connectivity index (χ0n) is 11.2. The third kappa shape index (κ3) is 3.69. The lowest BCUT2D eigenvalue weighted by Crippen LogP contribution is -2.36. The Labute approximate surface area is 125 Å². The van der Waals surface area contributed by atoms with Crippen LogP contribution in [-0.2, 0) is 9.59 Å². The number of carbonyl (C=O) groups excluding carboxylic acids is 1. The summed E-state index contributed by atoms with van der Waals surface area (Å²) in [5.74, 6) is -1.29. The number of nitrogens with one attached hydrogen (secondary N) is 1. The van der Waals surface area contributed by atoms with E-state index in [1.165, 1.54) is 11.3 Å². The normalized spacial score (nSPS) is 22.4. The van der Waals surface area contributed by atoms with Crippen LogP contribution in [0.5, 0.6) is 0 Å². The average molecular weight is 315 g/mol. The van der Waals surface area contributed by atoms with Crippen molar-refractivity contribution < 1.29 is 14.7 Å². The standard InChI is InChI=1S/C12H17N3O3S2/c1-2-19-12-15-14-11(20-12)13-9(16)7-5-3-4-6-8(7)10(17)18/h7-8H,2-6H2,1H3,(H,17,18)(H,13,14,16)/t7-,8-/m0/s1. The van der Waals surface area contributed by atoms with Crippen molar-refractivity contribution in [2.75, 3.05) is 11.1 Å². The maximum Gasteiger partial charge on any atom is 0.307 e. The molecule has 1 fully saturated rings. The highest BCUT2D eigenvalue weighted by molar-refractivity contribution is 8.01. The van der Waals surface area contributed by atoms with Gasteiger partial charge in [0.1, 0.15) is 0 Å². The summed E-state index contributed by atoms with van der Waals surface area (Å²) in [6.07, 6.45) is 2.96. The Morgan fingerprint density at radius 1 is 1.35 bits per heavy atom. The van der Waals surface area contributed by atoms with Gasteiger partial charge in [-0.25, -0.2) is 0 Å². The van der Waals surface area contributed by atoms with E-state index in [0.717, 1.165) is 22.9 Å². The van der Waals surface area contributed by atoms with Gasteiger partial charge in [0, 0.05) is 0 Å². The van der Waals surface area contributed by atoms with Gasteiger partial charge < -0.3 is 10.4 Å². The van der Waals surface area contributed by atoms with E-state index in [9.17, 15) is 14.7 Å². The number of carboxylic acids is 1. The largest absolute Gasteiger partial charge is 0.481 e. The number of carboxylic acid groups (broad SMARTS) is 1. The fourth-order valence-corrected chi connectivity index (χ4v) is 4.03. The first kappa shape index (κ1) is 15.2. The van der Waals surface area contributed by atoms with Crippen LogP contribution in [0.25, 0.3) is 0 Å². The second kappa shape index (κ2) is 7.03. The van der Waals surface area contributed by atoms with Crippen LogP contribution in [-0.4, -0.2) is 32.9 Å². The topological polar surface area (TPSA) is 92.2 Å². The summed E-state index contributed by atoms with van der Waals surface area (Å²) in [5, 5.41) is 20.2. The van der Waals surface area contributed by atoms with E-state index in [1.54, 1.807) is 11.8 Å². The Morgan fingerprint density at radius 2 is 2.05 bits per heavy atom. The number of amides is 1. The van der Waals surface area contributed by atoms with Crippen LogP contribution in [0, 0.1) is 11.8 Å². The van der Waals surface area contributed by atoms with Crippen LogP contribution in [0.2, 0.25) is 0 Å². The summed E-state index contributed by atoms with van der Waals surface area (Å²) < 4.78 is 0.807.